The lowest BCUT2D eigenvalue weighted by molar-refractivity contribution is -0.164. The van der Waals surface area contributed by atoms with E-state index in [4.69, 9.17) is 21.6 Å². The van der Waals surface area contributed by atoms with Crippen LogP contribution in [0.3, 0.4) is 0 Å². The fraction of sp³-hybridized carbons (Fsp3) is 0.586. The molecule has 0 unspecified atom stereocenters. The Kier molecular flexibility index (Phi) is 7.73. The van der Waals surface area contributed by atoms with E-state index in [-0.39, 0.29) is 28.9 Å². The number of amides is 1. The molecule has 1 aromatic heterocycles. The van der Waals surface area contributed by atoms with Gasteiger partial charge < -0.3 is 20.3 Å². The third-order valence-electron chi connectivity index (χ3n) is 8.77. The number of nitriles is 1. The van der Waals surface area contributed by atoms with Crippen LogP contribution in [0.4, 0.5) is 5.82 Å². The molecule has 1 aliphatic carbocycles. The van der Waals surface area contributed by atoms with Gasteiger partial charge >= 0.3 is 0 Å². The van der Waals surface area contributed by atoms with Crippen LogP contribution >= 0.6 is 11.6 Å². The molecule has 208 valence electrons. The van der Waals surface area contributed by atoms with Gasteiger partial charge in [0.05, 0.1) is 10.6 Å². The highest BCUT2D eigenvalue weighted by atomic mass is 35.5. The Hall–Kier alpha value is -2.93. The molecular formula is C29H38ClN7O2. The molecule has 2 aromatic rings. The highest BCUT2D eigenvalue weighted by Crippen LogP contribution is 2.55. The van der Waals surface area contributed by atoms with Crippen molar-refractivity contribution >= 4 is 23.3 Å². The van der Waals surface area contributed by atoms with E-state index in [2.05, 4.69) is 64.4 Å². The van der Waals surface area contributed by atoms with Crippen LogP contribution in [0.2, 0.25) is 5.02 Å². The molecule has 1 aromatic carbocycles. The lowest BCUT2D eigenvalue weighted by Crippen LogP contribution is -2.74. The van der Waals surface area contributed by atoms with Crippen LogP contribution in [0.25, 0.3) is 0 Å². The van der Waals surface area contributed by atoms with Crippen molar-refractivity contribution < 1.29 is 9.53 Å². The number of piperidine rings is 1. The third-order valence-corrected chi connectivity index (χ3v) is 9.08. The Bertz CT molecular complexity index is 1210. The zero-order chi connectivity index (χ0) is 27.8. The Balaban J connectivity index is 1.18. The summed E-state index contributed by atoms with van der Waals surface area (Å²) in [6, 6.07) is 11.3. The van der Waals surface area contributed by atoms with E-state index in [1.807, 2.05) is 6.07 Å². The first-order valence-corrected chi connectivity index (χ1v) is 14.2. The zero-order valence-electron chi connectivity index (χ0n) is 23.2. The predicted octanol–water partition coefficient (Wildman–Crippen LogP) is 3.49. The molecule has 3 aliphatic rings. The summed E-state index contributed by atoms with van der Waals surface area (Å²) in [5.41, 5.74) is 0.0287. The first-order chi connectivity index (χ1) is 18.6. The number of benzene rings is 1. The Morgan fingerprint density at radius 3 is 2.36 bits per heavy atom. The largest absolute Gasteiger partial charge is 0.489 e. The van der Waals surface area contributed by atoms with Crippen molar-refractivity contribution in [1.82, 2.24) is 25.7 Å². The number of hydrogen-bond acceptors (Lipinski definition) is 8. The van der Waals surface area contributed by atoms with Crippen LogP contribution in [0.15, 0.2) is 30.3 Å². The molecule has 3 heterocycles. The number of hydrogen-bond donors (Lipinski definition) is 2. The molecular weight excluding hydrogens is 514 g/mol. The summed E-state index contributed by atoms with van der Waals surface area (Å²) in [7, 11) is 0. The summed E-state index contributed by atoms with van der Waals surface area (Å²) in [6.45, 7) is 14.6. The second-order valence-corrected chi connectivity index (χ2v) is 12.5. The second kappa shape index (κ2) is 10.9. The number of nitrogens with one attached hydrogen (secondary N) is 2. The zero-order valence-corrected chi connectivity index (χ0v) is 24.0. The molecule has 39 heavy (non-hydrogen) atoms. The summed E-state index contributed by atoms with van der Waals surface area (Å²) in [4.78, 5) is 18.1. The monoisotopic (exact) mass is 551 g/mol. The fourth-order valence-corrected chi connectivity index (χ4v) is 7.14. The van der Waals surface area contributed by atoms with E-state index < -0.39 is 0 Å². The number of carbonyl (C=O) groups excluding carboxylic acids is 1. The number of aromatic nitrogens is 2. The smallest absolute Gasteiger partial charge is 0.272 e. The number of nitrogens with zero attached hydrogens (tertiary/aromatic N) is 5. The minimum Gasteiger partial charge on any atom is -0.489 e. The molecule has 1 saturated carbocycles. The minimum absolute atomic E-state index is 0.137. The van der Waals surface area contributed by atoms with E-state index >= 15 is 0 Å². The molecule has 0 atom stereocenters. The van der Waals surface area contributed by atoms with Gasteiger partial charge in [-0.25, -0.2) is 0 Å². The summed E-state index contributed by atoms with van der Waals surface area (Å²) in [5.74, 6) is 1.19. The van der Waals surface area contributed by atoms with Crippen molar-refractivity contribution in [3.63, 3.8) is 0 Å². The normalized spacial score (nSPS) is 24.9. The molecule has 0 bridgehead atoms. The number of piperazine rings is 1. The van der Waals surface area contributed by atoms with Crippen LogP contribution in [0.1, 0.15) is 56.6 Å². The lowest BCUT2D eigenvalue weighted by Gasteiger charge is -2.63. The van der Waals surface area contributed by atoms with Crippen molar-refractivity contribution in [3.05, 3.63) is 46.6 Å². The van der Waals surface area contributed by atoms with Gasteiger partial charge in [0.1, 0.15) is 17.9 Å². The summed E-state index contributed by atoms with van der Waals surface area (Å²) >= 11 is 6.20. The van der Waals surface area contributed by atoms with Crippen molar-refractivity contribution in [2.75, 3.05) is 44.2 Å². The standard InChI is InChI=1S/C29H38ClN7O2/c1-28(2)26(29(3,4)27(28)39-21-6-5-19(18-31)22(30)17-21)33-25(38)23-7-8-24(35-34-23)37-13-9-20(10-14-37)36-15-11-32-12-16-36/h5-8,17,20,26-27,32H,9-16H2,1-4H3,(H,33,38)/t26-,27-. The van der Waals surface area contributed by atoms with Crippen molar-refractivity contribution in [1.29, 1.82) is 5.26 Å². The Labute approximate surface area is 235 Å². The van der Waals surface area contributed by atoms with Gasteiger partial charge in [0, 0.05) is 68.2 Å². The van der Waals surface area contributed by atoms with E-state index in [0.29, 0.717) is 28.1 Å². The van der Waals surface area contributed by atoms with Gasteiger partial charge in [-0.3, -0.25) is 9.69 Å². The maximum atomic E-state index is 13.2. The SMILES string of the molecule is CC1(C)[C@H](NC(=O)c2ccc(N3CCC(N4CCNCC4)CC3)nn2)C(C)(C)[C@H]1Oc1ccc(C#N)c(Cl)c1. The quantitative estimate of drug-likeness (QED) is 0.562. The minimum atomic E-state index is -0.346. The highest BCUT2D eigenvalue weighted by molar-refractivity contribution is 6.31. The van der Waals surface area contributed by atoms with Crippen LogP contribution in [-0.2, 0) is 0 Å². The van der Waals surface area contributed by atoms with Gasteiger partial charge in [0.25, 0.3) is 5.91 Å². The molecule has 9 nitrogen and oxygen atoms in total. The molecule has 2 saturated heterocycles. The molecule has 2 N–H and O–H groups in total. The fourth-order valence-electron chi connectivity index (χ4n) is 6.92. The molecule has 3 fully saturated rings. The van der Waals surface area contributed by atoms with Crippen LogP contribution in [0.5, 0.6) is 5.75 Å². The van der Waals surface area contributed by atoms with E-state index in [0.717, 1.165) is 57.9 Å². The first-order valence-electron chi connectivity index (χ1n) is 13.8. The number of halogens is 1. The van der Waals surface area contributed by atoms with Crippen molar-refractivity contribution in [3.8, 4) is 11.8 Å². The topological polar surface area (TPSA) is 106 Å². The van der Waals surface area contributed by atoms with Gasteiger partial charge in [0.2, 0.25) is 0 Å². The number of ether oxygens (including phenoxy) is 1. The lowest BCUT2D eigenvalue weighted by atomic mass is 9.49. The number of carbonyl (C=O) groups is 1. The summed E-state index contributed by atoms with van der Waals surface area (Å²) < 4.78 is 6.32. The summed E-state index contributed by atoms with van der Waals surface area (Å²) in [6.07, 6.45) is 2.07. The van der Waals surface area contributed by atoms with Gasteiger partial charge in [-0.15, -0.1) is 10.2 Å². The number of anilines is 1. The van der Waals surface area contributed by atoms with Crippen molar-refractivity contribution in [2.45, 2.75) is 58.7 Å². The van der Waals surface area contributed by atoms with Gasteiger partial charge in [-0.2, -0.15) is 5.26 Å². The van der Waals surface area contributed by atoms with Crippen LogP contribution < -0.4 is 20.3 Å². The summed E-state index contributed by atoms with van der Waals surface area (Å²) in [5, 5.41) is 24.8. The van der Waals surface area contributed by atoms with E-state index in [9.17, 15) is 4.79 Å². The van der Waals surface area contributed by atoms with Gasteiger partial charge in [0.15, 0.2) is 11.5 Å². The van der Waals surface area contributed by atoms with Crippen LogP contribution in [0, 0.1) is 22.2 Å². The molecule has 0 spiro atoms. The average Bonchev–Trinajstić information content (AvgIpc) is 2.95. The van der Waals surface area contributed by atoms with Crippen molar-refractivity contribution in [2.24, 2.45) is 10.8 Å². The molecule has 1 amide bonds. The third kappa shape index (κ3) is 5.43. The van der Waals surface area contributed by atoms with Crippen LogP contribution in [-0.4, -0.2) is 78.5 Å². The number of rotatable bonds is 6. The van der Waals surface area contributed by atoms with Gasteiger partial charge in [-0.1, -0.05) is 39.3 Å². The second-order valence-electron chi connectivity index (χ2n) is 12.1. The molecule has 10 heteroatoms. The molecule has 0 radical (unpaired) electrons. The van der Waals surface area contributed by atoms with Gasteiger partial charge in [-0.05, 0) is 37.1 Å². The Morgan fingerprint density at radius 1 is 1.08 bits per heavy atom. The first kappa shape index (κ1) is 27.6. The van der Waals surface area contributed by atoms with E-state index in [1.54, 1.807) is 24.3 Å². The molecule has 2 aliphatic heterocycles. The highest BCUT2D eigenvalue weighted by Gasteiger charge is 2.64. The average molecular weight is 552 g/mol. The maximum Gasteiger partial charge on any atom is 0.272 e. The maximum absolute atomic E-state index is 13.2. The predicted molar refractivity (Wildman–Crippen MR) is 151 cm³/mol. The Morgan fingerprint density at radius 2 is 1.77 bits per heavy atom. The molecule has 5 rings (SSSR count). The van der Waals surface area contributed by atoms with E-state index in [1.165, 1.54) is 0 Å².